The van der Waals surface area contributed by atoms with E-state index in [4.69, 9.17) is 4.52 Å². The van der Waals surface area contributed by atoms with Crippen LogP contribution in [0, 0.1) is 13.8 Å². The summed E-state index contributed by atoms with van der Waals surface area (Å²) >= 11 is 0. The van der Waals surface area contributed by atoms with Crippen molar-refractivity contribution in [3.05, 3.63) is 59.2 Å². The monoisotopic (exact) mass is 349 g/mol. The highest BCUT2D eigenvalue weighted by Crippen LogP contribution is 2.28. The summed E-state index contributed by atoms with van der Waals surface area (Å²) in [5.41, 5.74) is 2.51. The summed E-state index contributed by atoms with van der Waals surface area (Å²) in [7, 11) is 0. The average Bonchev–Trinajstić information content (AvgIpc) is 3.05. The molecular weight excluding hydrogens is 330 g/mol. The van der Waals surface area contributed by atoms with Gasteiger partial charge in [-0.25, -0.2) is 9.97 Å². The number of amides is 1. The lowest BCUT2D eigenvalue weighted by Crippen LogP contribution is -2.36. The number of hydrogen-bond acceptors (Lipinski definition) is 6. The summed E-state index contributed by atoms with van der Waals surface area (Å²) in [6.07, 6.45) is 1.93. The summed E-state index contributed by atoms with van der Waals surface area (Å²) in [4.78, 5) is 23.6. The molecule has 7 nitrogen and oxygen atoms in total. The van der Waals surface area contributed by atoms with Crippen LogP contribution in [0.3, 0.4) is 0 Å². The first-order valence-corrected chi connectivity index (χ1v) is 8.56. The van der Waals surface area contributed by atoms with E-state index >= 15 is 0 Å². The Morgan fingerprint density at radius 2 is 2.00 bits per heavy atom. The number of hydrogen-bond donors (Lipinski definition) is 1. The number of aromatic nitrogens is 3. The highest BCUT2D eigenvalue weighted by Gasteiger charge is 2.25. The maximum absolute atomic E-state index is 13.1. The first-order valence-electron chi connectivity index (χ1n) is 8.56. The second-order valence-corrected chi connectivity index (χ2v) is 6.32. The van der Waals surface area contributed by atoms with Gasteiger partial charge in [0, 0.05) is 24.4 Å². The van der Waals surface area contributed by atoms with Crippen LogP contribution in [-0.4, -0.2) is 27.6 Å². The number of anilines is 3. The Hall–Kier alpha value is -3.22. The van der Waals surface area contributed by atoms with E-state index in [9.17, 15) is 4.79 Å². The SMILES string of the molecule is Cc1nc(Nc2cc(C)on2)cc(C(=O)N2CCCc3ccccc32)n1. The first kappa shape index (κ1) is 16.3. The lowest BCUT2D eigenvalue weighted by molar-refractivity contribution is 0.0980. The summed E-state index contributed by atoms with van der Waals surface area (Å²) in [5, 5.41) is 6.95. The fourth-order valence-corrected chi connectivity index (χ4v) is 3.18. The van der Waals surface area contributed by atoms with Crippen molar-refractivity contribution in [1.82, 2.24) is 15.1 Å². The summed E-state index contributed by atoms with van der Waals surface area (Å²) in [5.74, 6) is 2.15. The molecule has 0 aliphatic carbocycles. The smallest absolute Gasteiger partial charge is 0.277 e. The molecule has 0 saturated carbocycles. The van der Waals surface area contributed by atoms with Gasteiger partial charge in [0.1, 0.15) is 23.1 Å². The number of aryl methyl sites for hydroxylation is 3. The maximum Gasteiger partial charge on any atom is 0.277 e. The van der Waals surface area contributed by atoms with Gasteiger partial charge in [0.15, 0.2) is 5.82 Å². The van der Waals surface area contributed by atoms with Crippen molar-refractivity contribution >= 4 is 23.2 Å². The molecule has 4 rings (SSSR count). The standard InChI is InChI=1S/C19H19N5O2/c1-12-10-18(23-26-12)22-17-11-15(20-13(2)21-17)19(25)24-9-5-7-14-6-3-4-8-16(14)24/h3-4,6,8,10-11H,5,7,9H2,1-2H3,(H,20,21,22,23). The zero-order valence-corrected chi connectivity index (χ0v) is 14.7. The Morgan fingerprint density at radius 1 is 1.15 bits per heavy atom. The lowest BCUT2D eigenvalue weighted by atomic mass is 10.0. The molecule has 3 heterocycles. The third kappa shape index (κ3) is 3.15. The van der Waals surface area contributed by atoms with E-state index in [-0.39, 0.29) is 5.91 Å². The van der Waals surface area contributed by atoms with Crippen LogP contribution in [0.5, 0.6) is 0 Å². The molecule has 0 atom stereocenters. The fourth-order valence-electron chi connectivity index (χ4n) is 3.18. The predicted molar refractivity (Wildman–Crippen MR) is 97.7 cm³/mol. The zero-order valence-electron chi connectivity index (χ0n) is 14.7. The molecule has 7 heteroatoms. The number of fused-ring (bicyclic) bond motifs is 1. The van der Waals surface area contributed by atoms with Gasteiger partial charge in [0.05, 0.1) is 0 Å². The Kier molecular flexibility index (Phi) is 4.12. The number of para-hydroxylation sites is 1. The van der Waals surface area contributed by atoms with Crippen molar-refractivity contribution in [3.63, 3.8) is 0 Å². The van der Waals surface area contributed by atoms with Crippen LogP contribution in [0.1, 0.15) is 34.1 Å². The second-order valence-electron chi connectivity index (χ2n) is 6.32. The third-order valence-corrected chi connectivity index (χ3v) is 4.30. The molecule has 0 fully saturated rings. The number of carbonyl (C=O) groups excluding carboxylic acids is 1. The van der Waals surface area contributed by atoms with Crippen LogP contribution in [0.4, 0.5) is 17.3 Å². The topological polar surface area (TPSA) is 84.2 Å². The van der Waals surface area contributed by atoms with Crippen LogP contribution in [-0.2, 0) is 6.42 Å². The molecule has 1 N–H and O–H groups in total. The highest BCUT2D eigenvalue weighted by molar-refractivity contribution is 6.05. The van der Waals surface area contributed by atoms with Crippen LogP contribution in [0.25, 0.3) is 0 Å². The van der Waals surface area contributed by atoms with Crippen molar-refractivity contribution in [2.24, 2.45) is 0 Å². The molecular formula is C19H19N5O2. The van der Waals surface area contributed by atoms with Crippen molar-refractivity contribution < 1.29 is 9.32 Å². The fraction of sp³-hybridized carbons (Fsp3) is 0.263. The molecule has 1 aromatic carbocycles. The molecule has 0 spiro atoms. The van der Waals surface area contributed by atoms with E-state index in [1.807, 2.05) is 25.1 Å². The van der Waals surface area contributed by atoms with Crippen molar-refractivity contribution in [1.29, 1.82) is 0 Å². The minimum absolute atomic E-state index is 0.123. The average molecular weight is 349 g/mol. The largest absolute Gasteiger partial charge is 0.360 e. The number of carbonyl (C=O) groups is 1. The van der Waals surface area contributed by atoms with E-state index < -0.39 is 0 Å². The number of benzene rings is 1. The summed E-state index contributed by atoms with van der Waals surface area (Å²) in [6.45, 7) is 4.26. The molecule has 132 valence electrons. The Balaban J connectivity index is 1.64. The summed E-state index contributed by atoms with van der Waals surface area (Å²) in [6, 6.07) is 11.4. The molecule has 1 amide bonds. The molecule has 0 radical (unpaired) electrons. The number of nitrogens with zero attached hydrogens (tertiary/aromatic N) is 4. The maximum atomic E-state index is 13.1. The van der Waals surface area contributed by atoms with E-state index in [1.54, 1.807) is 24.0 Å². The second kappa shape index (κ2) is 6.59. The quantitative estimate of drug-likeness (QED) is 0.780. The highest BCUT2D eigenvalue weighted by atomic mass is 16.5. The third-order valence-electron chi connectivity index (χ3n) is 4.30. The minimum Gasteiger partial charge on any atom is -0.360 e. The molecule has 0 bridgehead atoms. The Morgan fingerprint density at radius 3 is 2.81 bits per heavy atom. The van der Waals surface area contributed by atoms with Crippen LogP contribution >= 0.6 is 0 Å². The van der Waals surface area contributed by atoms with Gasteiger partial charge < -0.3 is 14.7 Å². The molecule has 0 unspecified atom stereocenters. The van der Waals surface area contributed by atoms with E-state index in [1.165, 1.54) is 5.56 Å². The van der Waals surface area contributed by atoms with Gasteiger partial charge in [-0.1, -0.05) is 23.4 Å². The molecule has 1 aliphatic rings. The van der Waals surface area contributed by atoms with Crippen molar-refractivity contribution in [3.8, 4) is 0 Å². The zero-order chi connectivity index (χ0) is 18.1. The Labute approximate surface area is 151 Å². The van der Waals surface area contributed by atoms with Gasteiger partial charge >= 0.3 is 0 Å². The first-order chi connectivity index (χ1) is 12.6. The van der Waals surface area contributed by atoms with E-state index in [0.29, 0.717) is 35.5 Å². The normalized spacial score (nSPS) is 13.4. The van der Waals surface area contributed by atoms with Crippen molar-refractivity contribution in [2.75, 3.05) is 16.8 Å². The van der Waals surface area contributed by atoms with Gasteiger partial charge in [0.2, 0.25) is 0 Å². The van der Waals surface area contributed by atoms with Gasteiger partial charge in [0.25, 0.3) is 5.91 Å². The number of nitrogens with one attached hydrogen (secondary N) is 1. The predicted octanol–water partition coefficient (Wildman–Crippen LogP) is 3.42. The minimum atomic E-state index is -0.123. The van der Waals surface area contributed by atoms with Gasteiger partial charge in [-0.15, -0.1) is 0 Å². The molecule has 0 saturated heterocycles. The van der Waals surface area contributed by atoms with E-state index in [2.05, 4.69) is 26.5 Å². The van der Waals surface area contributed by atoms with Crippen LogP contribution in [0.2, 0.25) is 0 Å². The van der Waals surface area contributed by atoms with Crippen molar-refractivity contribution in [2.45, 2.75) is 26.7 Å². The lowest BCUT2D eigenvalue weighted by Gasteiger charge is -2.29. The van der Waals surface area contributed by atoms with Gasteiger partial charge in [-0.05, 0) is 38.3 Å². The molecule has 26 heavy (non-hydrogen) atoms. The van der Waals surface area contributed by atoms with Crippen LogP contribution < -0.4 is 10.2 Å². The van der Waals surface area contributed by atoms with Crippen LogP contribution in [0.15, 0.2) is 40.9 Å². The molecule has 3 aromatic rings. The van der Waals surface area contributed by atoms with Gasteiger partial charge in [-0.2, -0.15) is 0 Å². The van der Waals surface area contributed by atoms with Gasteiger partial charge in [-0.3, -0.25) is 4.79 Å². The number of rotatable bonds is 3. The molecule has 2 aromatic heterocycles. The molecule has 1 aliphatic heterocycles. The van der Waals surface area contributed by atoms with E-state index in [0.717, 1.165) is 18.5 Å². The summed E-state index contributed by atoms with van der Waals surface area (Å²) < 4.78 is 5.05. The Bertz CT molecular complexity index is 966.